The van der Waals surface area contributed by atoms with E-state index in [9.17, 15) is 0 Å². The van der Waals surface area contributed by atoms with Crippen molar-refractivity contribution in [2.75, 3.05) is 32.2 Å². The summed E-state index contributed by atoms with van der Waals surface area (Å²) < 4.78 is 4.98. The number of pyridine rings is 1. The van der Waals surface area contributed by atoms with Gasteiger partial charge in [0.15, 0.2) is 0 Å². The van der Waals surface area contributed by atoms with E-state index in [1.807, 2.05) is 11.9 Å². The van der Waals surface area contributed by atoms with Crippen LogP contribution in [0.5, 0.6) is 0 Å². The largest absolute Gasteiger partial charge is 0.384 e. The van der Waals surface area contributed by atoms with E-state index in [0.717, 1.165) is 12.4 Å². The maximum absolute atomic E-state index is 7.32. The highest BCUT2D eigenvalue weighted by Crippen LogP contribution is 2.10. The van der Waals surface area contributed by atoms with Crippen molar-refractivity contribution in [2.45, 2.75) is 0 Å². The Labute approximate surface area is 89.4 Å². The van der Waals surface area contributed by atoms with Gasteiger partial charge in [0.1, 0.15) is 11.7 Å². The van der Waals surface area contributed by atoms with Gasteiger partial charge >= 0.3 is 0 Å². The van der Waals surface area contributed by atoms with Crippen molar-refractivity contribution in [3.8, 4) is 0 Å². The molecule has 1 heterocycles. The second kappa shape index (κ2) is 5.31. The van der Waals surface area contributed by atoms with Crippen molar-refractivity contribution in [1.82, 2.24) is 4.98 Å². The fourth-order valence-electron chi connectivity index (χ4n) is 1.14. The lowest BCUT2D eigenvalue weighted by atomic mass is 10.2. The topological polar surface area (TPSA) is 75.2 Å². The first-order valence-electron chi connectivity index (χ1n) is 4.65. The van der Waals surface area contributed by atoms with Gasteiger partial charge in [0.2, 0.25) is 0 Å². The normalized spacial score (nSPS) is 10.0. The summed E-state index contributed by atoms with van der Waals surface area (Å²) in [6, 6.07) is 3.51. The fourth-order valence-corrected chi connectivity index (χ4v) is 1.14. The number of ether oxygens (including phenoxy) is 1. The number of likely N-dealkylation sites (N-methyl/N-ethyl adjacent to an activating group) is 1. The summed E-state index contributed by atoms with van der Waals surface area (Å²) in [5.74, 6) is 0.846. The molecule has 15 heavy (non-hydrogen) atoms. The maximum atomic E-state index is 7.32. The van der Waals surface area contributed by atoms with Gasteiger partial charge in [-0.25, -0.2) is 4.98 Å². The van der Waals surface area contributed by atoms with Gasteiger partial charge in [-0.15, -0.1) is 0 Å². The molecular formula is C10H16N4O. The van der Waals surface area contributed by atoms with E-state index < -0.39 is 0 Å². The number of anilines is 1. The minimum Gasteiger partial charge on any atom is -0.384 e. The van der Waals surface area contributed by atoms with Crippen molar-refractivity contribution in [3.63, 3.8) is 0 Å². The summed E-state index contributed by atoms with van der Waals surface area (Å²) in [6.07, 6.45) is 1.65. The number of nitrogens with zero attached hydrogens (tertiary/aromatic N) is 2. The van der Waals surface area contributed by atoms with E-state index in [1.165, 1.54) is 0 Å². The summed E-state index contributed by atoms with van der Waals surface area (Å²) >= 11 is 0. The molecule has 0 bridgehead atoms. The van der Waals surface area contributed by atoms with Gasteiger partial charge in [0.05, 0.1) is 6.61 Å². The highest BCUT2D eigenvalue weighted by Gasteiger charge is 2.04. The molecule has 5 nitrogen and oxygen atoms in total. The van der Waals surface area contributed by atoms with E-state index in [2.05, 4.69) is 4.98 Å². The average molecular weight is 208 g/mol. The lowest BCUT2D eigenvalue weighted by Crippen LogP contribution is -2.23. The van der Waals surface area contributed by atoms with Crippen LogP contribution in [0.2, 0.25) is 0 Å². The third-order valence-corrected chi connectivity index (χ3v) is 2.08. The Hall–Kier alpha value is -1.62. The minimum absolute atomic E-state index is 0.0544. The van der Waals surface area contributed by atoms with Crippen molar-refractivity contribution in [2.24, 2.45) is 5.73 Å². The van der Waals surface area contributed by atoms with Gasteiger partial charge in [0.25, 0.3) is 0 Å². The maximum Gasteiger partial charge on any atom is 0.129 e. The number of nitrogen functional groups attached to an aromatic ring is 1. The SMILES string of the molecule is COCCN(C)c1cc(C(=N)N)ccn1. The zero-order valence-corrected chi connectivity index (χ0v) is 9.03. The number of aromatic nitrogens is 1. The average Bonchev–Trinajstić information content (AvgIpc) is 2.26. The van der Waals surface area contributed by atoms with E-state index >= 15 is 0 Å². The Kier molecular flexibility index (Phi) is 4.05. The molecular weight excluding hydrogens is 192 g/mol. The zero-order valence-electron chi connectivity index (χ0n) is 9.03. The molecule has 3 N–H and O–H groups in total. The Morgan fingerprint density at radius 3 is 3.00 bits per heavy atom. The summed E-state index contributed by atoms with van der Waals surface area (Å²) in [7, 11) is 3.58. The summed E-state index contributed by atoms with van der Waals surface area (Å²) in [5, 5.41) is 7.32. The Morgan fingerprint density at radius 1 is 1.67 bits per heavy atom. The third-order valence-electron chi connectivity index (χ3n) is 2.08. The molecule has 5 heteroatoms. The van der Waals surface area contributed by atoms with Crippen LogP contribution in [-0.2, 0) is 4.74 Å². The molecule has 0 saturated heterocycles. The Balaban J connectivity index is 2.76. The summed E-state index contributed by atoms with van der Waals surface area (Å²) in [5.41, 5.74) is 6.08. The van der Waals surface area contributed by atoms with Gasteiger partial charge in [-0.05, 0) is 12.1 Å². The first kappa shape index (κ1) is 11.5. The van der Waals surface area contributed by atoms with Gasteiger partial charge in [0, 0.05) is 32.5 Å². The lowest BCUT2D eigenvalue weighted by Gasteiger charge is -2.17. The molecule has 0 aliphatic carbocycles. The quantitative estimate of drug-likeness (QED) is 0.544. The molecule has 0 unspecified atom stereocenters. The first-order chi connectivity index (χ1) is 7.15. The fraction of sp³-hybridized carbons (Fsp3) is 0.400. The van der Waals surface area contributed by atoms with E-state index in [0.29, 0.717) is 12.2 Å². The van der Waals surface area contributed by atoms with Crippen LogP contribution in [0.15, 0.2) is 18.3 Å². The molecule has 0 aliphatic heterocycles. The van der Waals surface area contributed by atoms with Crippen LogP contribution < -0.4 is 10.6 Å². The molecule has 1 aromatic heterocycles. The monoisotopic (exact) mass is 208 g/mol. The number of methoxy groups -OCH3 is 1. The number of hydrogen-bond donors (Lipinski definition) is 2. The van der Waals surface area contributed by atoms with Crippen molar-refractivity contribution >= 4 is 11.7 Å². The van der Waals surface area contributed by atoms with Gasteiger partial charge in [-0.2, -0.15) is 0 Å². The van der Waals surface area contributed by atoms with Crippen LogP contribution in [0.25, 0.3) is 0 Å². The highest BCUT2D eigenvalue weighted by atomic mass is 16.5. The molecule has 1 rings (SSSR count). The smallest absolute Gasteiger partial charge is 0.129 e. The molecule has 0 atom stereocenters. The third kappa shape index (κ3) is 3.21. The number of rotatable bonds is 5. The summed E-state index contributed by atoms with van der Waals surface area (Å²) in [6.45, 7) is 1.40. The Bertz CT molecular complexity index is 340. The minimum atomic E-state index is 0.0544. The Morgan fingerprint density at radius 2 is 2.40 bits per heavy atom. The molecule has 0 aromatic carbocycles. The highest BCUT2D eigenvalue weighted by molar-refractivity contribution is 5.95. The van der Waals surface area contributed by atoms with Crippen molar-refractivity contribution in [1.29, 1.82) is 5.41 Å². The second-order valence-electron chi connectivity index (χ2n) is 3.23. The predicted octanol–water partition coefficient (Wildman–Crippen LogP) is 0.448. The van der Waals surface area contributed by atoms with Crippen LogP contribution >= 0.6 is 0 Å². The van der Waals surface area contributed by atoms with Gasteiger partial charge in [-0.3, -0.25) is 5.41 Å². The summed E-state index contributed by atoms with van der Waals surface area (Å²) in [4.78, 5) is 6.15. The zero-order chi connectivity index (χ0) is 11.3. The number of amidine groups is 1. The van der Waals surface area contributed by atoms with Crippen molar-refractivity contribution in [3.05, 3.63) is 23.9 Å². The van der Waals surface area contributed by atoms with Crippen LogP contribution in [-0.4, -0.2) is 38.1 Å². The van der Waals surface area contributed by atoms with Crippen LogP contribution in [0, 0.1) is 5.41 Å². The van der Waals surface area contributed by atoms with E-state index in [1.54, 1.807) is 25.4 Å². The van der Waals surface area contributed by atoms with Crippen LogP contribution in [0.3, 0.4) is 0 Å². The molecule has 1 aromatic rings. The van der Waals surface area contributed by atoms with E-state index in [4.69, 9.17) is 15.9 Å². The van der Waals surface area contributed by atoms with Crippen LogP contribution in [0.4, 0.5) is 5.82 Å². The van der Waals surface area contributed by atoms with E-state index in [-0.39, 0.29) is 5.84 Å². The van der Waals surface area contributed by atoms with Gasteiger partial charge < -0.3 is 15.4 Å². The second-order valence-corrected chi connectivity index (χ2v) is 3.23. The molecule has 0 radical (unpaired) electrons. The molecule has 0 saturated carbocycles. The molecule has 82 valence electrons. The van der Waals surface area contributed by atoms with Gasteiger partial charge in [-0.1, -0.05) is 0 Å². The number of hydrogen-bond acceptors (Lipinski definition) is 4. The van der Waals surface area contributed by atoms with Crippen LogP contribution in [0.1, 0.15) is 5.56 Å². The number of nitrogens with two attached hydrogens (primary N) is 1. The standard InChI is InChI=1S/C10H16N4O/c1-14(5-6-15-2)9-7-8(10(11)12)3-4-13-9/h3-4,7H,5-6H2,1-2H3,(H3,11,12). The first-order valence-corrected chi connectivity index (χ1v) is 4.65. The number of nitrogens with one attached hydrogen (secondary N) is 1. The molecule has 0 aliphatic rings. The lowest BCUT2D eigenvalue weighted by molar-refractivity contribution is 0.206. The predicted molar refractivity (Wildman–Crippen MR) is 60.4 cm³/mol. The molecule has 0 fully saturated rings. The van der Waals surface area contributed by atoms with Crippen molar-refractivity contribution < 1.29 is 4.74 Å². The molecule has 0 amide bonds. The molecule has 0 spiro atoms.